The molecule has 1 aromatic carbocycles. The van der Waals surface area contributed by atoms with E-state index >= 15 is 0 Å². The van der Waals surface area contributed by atoms with Crippen LogP contribution in [0.1, 0.15) is 29.1 Å². The number of carbonyl (C=O) groups excluding carboxylic acids is 1. The number of ether oxygens (including phenoxy) is 1. The van der Waals surface area contributed by atoms with Gasteiger partial charge in [0.2, 0.25) is 0 Å². The van der Waals surface area contributed by atoms with E-state index in [9.17, 15) is 14.9 Å². The van der Waals surface area contributed by atoms with Crippen LogP contribution < -0.4 is 10.1 Å². The number of nitro groups is 1. The lowest BCUT2D eigenvalue weighted by atomic mass is 10.2. The summed E-state index contributed by atoms with van der Waals surface area (Å²) in [5.41, 5.74) is 0.926. The van der Waals surface area contributed by atoms with Crippen molar-refractivity contribution in [3.05, 3.63) is 57.0 Å². The molecule has 0 saturated carbocycles. The van der Waals surface area contributed by atoms with Gasteiger partial charge in [-0.05, 0) is 37.6 Å². The van der Waals surface area contributed by atoms with Crippen LogP contribution in [0.4, 0.5) is 5.00 Å². The number of carbonyl (C=O) groups is 1. The first-order valence-corrected chi connectivity index (χ1v) is 7.55. The minimum absolute atomic E-state index is 0.0414. The van der Waals surface area contributed by atoms with E-state index in [0.717, 1.165) is 22.6 Å². The van der Waals surface area contributed by atoms with E-state index in [4.69, 9.17) is 4.74 Å². The molecule has 1 N–H and O–H groups in total. The first-order chi connectivity index (χ1) is 10.5. The Kier molecular flexibility index (Phi) is 5.11. The van der Waals surface area contributed by atoms with Crippen molar-refractivity contribution in [2.45, 2.75) is 26.5 Å². The maximum Gasteiger partial charge on any atom is 0.324 e. The molecule has 0 unspecified atom stereocenters. The van der Waals surface area contributed by atoms with Gasteiger partial charge in [-0.2, -0.15) is 0 Å². The van der Waals surface area contributed by atoms with Crippen molar-refractivity contribution in [3.8, 4) is 5.75 Å². The topological polar surface area (TPSA) is 81.5 Å². The minimum Gasteiger partial charge on any atom is -0.491 e. The lowest BCUT2D eigenvalue weighted by Gasteiger charge is -2.10. The number of nitrogens with one attached hydrogen (secondary N) is 1. The summed E-state index contributed by atoms with van der Waals surface area (Å²) < 4.78 is 5.54. The van der Waals surface area contributed by atoms with Crippen molar-refractivity contribution in [3.63, 3.8) is 0 Å². The molecular weight excluding hydrogens is 304 g/mol. The first-order valence-electron chi connectivity index (χ1n) is 6.73. The molecule has 1 heterocycles. The second kappa shape index (κ2) is 7.04. The summed E-state index contributed by atoms with van der Waals surface area (Å²) in [7, 11) is 0. The minimum atomic E-state index is -0.505. The average molecular weight is 320 g/mol. The highest BCUT2D eigenvalue weighted by Gasteiger charge is 2.14. The van der Waals surface area contributed by atoms with Crippen molar-refractivity contribution in [2.24, 2.45) is 0 Å². The molecule has 2 rings (SSSR count). The summed E-state index contributed by atoms with van der Waals surface area (Å²) >= 11 is 0.862. The standard InChI is InChI=1S/C15H16N2O4S/c1-10(2)21-12-5-3-11(4-6-12)9-16-15(18)13-7-8-14(22-13)17(19)20/h3-8,10H,9H2,1-2H3,(H,16,18). The zero-order chi connectivity index (χ0) is 16.1. The van der Waals surface area contributed by atoms with Gasteiger partial charge in [0.15, 0.2) is 0 Å². The fraction of sp³-hybridized carbons (Fsp3) is 0.267. The molecule has 0 spiro atoms. The van der Waals surface area contributed by atoms with E-state index in [1.165, 1.54) is 12.1 Å². The number of benzene rings is 1. The van der Waals surface area contributed by atoms with Gasteiger partial charge in [0.1, 0.15) is 5.75 Å². The van der Waals surface area contributed by atoms with Crippen LogP contribution >= 0.6 is 11.3 Å². The molecule has 0 aliphatic carbocycles. The summed E-state index contributed by atoms with van der Waals surface area (Å²) in [6, 6.07) is 10.2. The Morgan fingerprint density at radius 1 is 1.27 bits per heavy atom. The molecule has 7 heteroatoms. The molecule has 0 fully saturated rings. The highest BCUT2D eigenvalue weighted by atomic mass is 32.1. The molecule has 1 amide bonds. The molecule has 116 valence electrons. The summed E-state index contributed by atoms with van der Waals surface area (Å²) in [6.07, 6.45) is 0.111. The van der Waals surface area contributed by atoms with Crippen LogP contribution in [0.15, 0.2) is 36.4 Å². The molecule has 0 saturated heterocycles. The Morgan fingerprint density at radius 2 is 1.95 bits per heavy atom. The Labute approximate surface area is 131 Å². The molecule has 0 bridgehead atoms. The Morgan fingerprint density at radius 3 is 2.50 bits per heavy atom. The van der Waals surface area contributed by atoms with Crippen LogP contribution in [0.25, 0.3) is 0 Å². The largest absolute Gasteiger partial charge is 0.491 e. The van der Waals surface area contributed by atoms with Gasteiger partial charge < -0.3 is 10.1 Å². The molecule has 0 atom stereocenters. The van der Waals surface area contributed by atoms with E-state index in [2.05, 4.69) is 5.32 Å². The number of hydrogen-bond donors (Lipinski definition) is 1. The van der Waals surface area contributed by atoms with Crippen LogP contribution in [0.5, 0.6) is 5.75 Å². The first kappa shape index (κ1) is 16.0. The van der Waals surface area contributed by atoms with Crippen LogP contribution in [0.2, 0.25) is 0 Å². The van der Waals surface area contributed by atoms with Crippen molar-refractivity contribution in [2.75, 3.05) is 0 Å². The lowest BCUT2D eigenvalue weighted by molar-refractivity contribution is -0.380. The quantitative estimate of drug-likeness (QED) is 0.653. The molecule has 1 aromatic heterocycles. The summed E-state index contributed by atoms with van der Waals surface area (Å²) in [6.45, 7) is 4.26. The third-order valence-corrected chi connectivity index (χ3v) is 3.78. The predicted octanol–water partition coefficient (Wildman–Crippen LogP) is 3.37. The Bertz CT molecular complexity index is 664. The average Bonchev–Trinajstić information content (AvgIpc) is 2.96. The van der Waals surface area contributed by atoms with Crippen molar-refractivity contribution in [1.29, 1.82) is 0 Å². The van der Waals surface area contributed by atoms with E-state index in [0.29, 0.717) is 11.4 Å². The smallest absolute Gasteiger partial charge is 0.324 e. The molecule has 0 radical (unpaired) electrons. The van der Waals surface area contributed by atoms with Crippen molar-refractivity contribution in [1.82, 2.24) is 5.32 Å². The van der Waals surface area contributed by atoms with Gasteiger partial charge in [0.25, 0.3) is 5.91 Å². The molecule has 22 heavy (non-hydrogen) atoms. The predicted molar refractivity (Wildman–Crippen MR) is 84.3 cm³/mol. The molecule has 6 nitrogen and oxygen atoms in total. The van der Waals surface area contributed by atoms with Crippen LogP contribution in [0.3, 0.4) is 0 Å². The number of thiophene rings is 1. The van der Waals surface area contributed by atoms with Gasteiger partial charge in [-0.25, -0.2) is 0 Å². The van der Waals surface area contributed by atoms with Crippen molar-refractivity contribution >= 4 is 22.2 Å². The number of rotatable bonds is 6. The lowest BCUT2D eigenvalue weighted by Crippen LogP contribution is -2.21. The number of nitrogens with zero attached hydrogens (tertiary/aromatic N) is 1. The summed E-state index contributed by atoms with van der Waals surface area (Å²) in [5, 5.41) is 13.3. The zero-order valence-corrected chi connectivity index (χ0v) is 13.1. The van der Waals surface area contributed by atoms with E-state index in [1.807, 2.05) is 38.1 Å². The monoisotopic (exact) mass is 320 g/mol. The van der Waals surface area contributed by atoms with Gasteiger partial charge in [0.05, 0.1) is 15.9 Å². The van der Waals surface area contributed by atoms with Gasteiger partial charge >= 0.3 is 5.00 Å². The molecular formula is C15H16N2O4S. The number of hydrogen-bond acceptors (Lipinski definition) is 5. The highest BCUT2D eigenvalue weighted by Crippen LogP contribution is 2.23. The Balaban J connectivity index is 1.91. The van der Waals surface area contributed by atoms with E-state index in [-0.39, 0.29) is 17.0 Å². The Hall–Kier alpha value is -2.41. The molecule has 0 aliphatic rings. The zero-order valence-electron chi connectivity index (χ0n) is 12.2. The fourth-order valence-electron chi connectivity index (χ4n) is 1.78. The van der Waals surface area contributed by atoms with Gasteiger partial charge in [-0.1, -0.05) is 23.5 Å². The SMILES string of the molecule is CC(C)Oc1ccc(CNC(=O)c2ccc([N+](=O)[O-])s2)cc1. The summed E-state index contributed by atoms with van der Waals surface area (Å²) in [5.74, 6) is 0.458. The maximum atomic E-state index is 11.9. The summed E-state index contributed by atoms with van der Waals surface area (Å²) in [4.78, 5) is 22.3. The van der Waals surface area contributed by atoms with Crippen LogP contribution in [-0.4, -0.2) is 16.9 Å². The maximum absolute atomic E-state index is 11.9. The van der Waals surface area contributed by atoms with Gasteiger partial charge in [0, 0.05) is 12.6 Å². The van der Waals surface area contributed by atoms with Gasteiger partial charge in [-0.15, -0.1) is 0 Å². The third-order valence-electron chi connectivity index (χ3n) is 2.74. The van der Waals surface area contributed by atoms with Crippen LogP contribution in [-0.2, 0) is 6.54 Å². The third kappa shape index (κ3) is 4.29. The normalized spacial score (nSPS) is 10.5. The highest BCUT2D eigenvalue weighted by molar-refractivity contribution is 7.17. The van der Waals surface area contributed by atoms with Crippen LogP contribution in [0, 0.1) is 10.1 Å². The van der Waals surface area contributed by atoms with E-state index in [1.54, 1.807) is 0 Å². The molecule has 0 aliphatic heterocycles. The second-order valence-electron chi connectivity index (χ2n) is 4.89. The van der Waals surface area contributed by atoms with Gasteiger partial charge in [-0.3, -0.25) is 14.9 Å². The number of amides is 1. The molecule has 2 aromatic rings. The second-order valence-corrected chi connectivity index (χ2v) is 5.95. The fourth-order valence-corrected chi connectivity index (χ4v) is 2.51. The van der Waals surface area contributed by atoms with E-state index < -0.39 is 4.92 Å². The van der Waals surface area contributed by atoms with Crippen molar-refractivity contribution < 1.29 is 14.5 Å².